The molecule has 0 saturated carbocycles. The molecule has 1 N–H and O–H groups in total. The van der Waals surface area contributed by atoms with Gasteiger partial charge in [-0.1, -0.05) is 5.16 Å². The van der Waals surface area contributed by atoms with Gasteiger partial charge >= 0.3 is 5.97 Å². The van der Waals surface area contributed by atoms with Gasteiger partial charge in [-0.2, -0.15) is 0 Å². The summed E-state index contributed by atoms with van der Waals surface area (Å²) in [5.74, 6) is -1.05. The molecular weight excluding hydrogens is 200 g/mol. The maximum Gasteiger partial charge on any atom is 0.323 e. The standard InChI is InChI=1S/C9H12N2O4/c1-5-8(6(2)15-10-5)9(14)11(3)4-7(12)13/h4H2,1-3H3,(H,12,13). The molecule has 0 aliphatic heterocycles. The fraction of sp³-hybridized carbons (Fsp3) is 0.444. The number of rotatable bonds is 3. The Morgan fingerprint density at radius 1 is 1.47 bits per heavy atom. The molecule has 0 aliphatic carbocycles. The van der Waals surface area contributed by atoms with Crippen LogP contribution in [0.4, 0.5) is 0 Å². The second kappa shape index (κ2) is 4.12. The van der Waals surface area contributed by atoms with Gasteiger partial charge in [-0.15, -0.1) is 0 Å². The molecular formula is C9H12N2O4. The average molecular weight is 212 g/mol. The Balaban J connectivity index is 2.89. The molecule has 1 amide bonds. The van der Waals surface area contributed by atoms with Crippen molar-refractivity contribution in [2.24, 2.45) is 0 Å². The molecule has 0 saturated heterocycles. The van der Waals surface area contributed by atoms with Crippen molar-refractivity contribution in [3.63, 3.8) is 0 Å². The summed E-state index contributed by atoms with van der Waals surface area (Å²) in [6.45, 7) is 2.91. The van der Waals surface area contributed by atoms with Crippen LogP contribution in [0.2, 0.25) is 0 Å². The van der Waals surface area contributed by atoms with Crippen molar-refractivity contribution < 1.29 is 19.2 Å². The number of aliphatic carboxylic acids is 1. The zero-order valence-corrected chi connectivity index (χ0v) is 8.77. The summed E-state index contributed by atoms with van der Waals surface area (Å²) in [5, 5.41) is 12.2. The van der Waals surface area contributed by atoms with Gasteiger partial charge in [-0.05, 0) is 13.8 Å². The van der Waals surface area contributed by atoms with Gasteiger partial charge in [0.05, 0.1) is 5.69 Å². The Hall–Kier alpha value is -1.85. The van der Waals surface area contributed by atoms with E-state index in [1.165, 1.54) is 7.05 Å². The number of aryl methyl sites for hydroxylation is 2. The van der Waals surface area contributed by atoms with Crippen LogP contribution in [0.1, 0.15) is 21.8 Å². The highest BCUT2D eigenvalue weighted by atomic mass is 16.5. The van der Waals surface area contributed by atoms with Crippen molar-refractivity contribution in [1.29, 1.82) is 0 Å². The van der Waals surface area contributed by atoms with Crippen LogP contribution in [0.3, 0.4) is 0 Å². The number of carboxylic acid groups (broad SMARTS) is 1. The van der Waals surface area contributed by atoms with E-state index in [4.69, 9.17) is 9.63 Å². The van der Waals surface area contributed by atoms with Crippen LogP contribution in [0.25, 0.3) is 0 Å². The molecule has 0 aromatic carbocycles. The third-order valence-corrected chi connectivity index (χ3v) is 1.97. The second-order valence-corrected chi connectivity index (χ2v) is 3.25. The third-order valence-electron chi connectivity index (χ3n) is 1.97. The summed E-state index contributed by atoms with van der Waals surface area (Å²) in [5.41, 5.74) is 0.800. The molecule has 6 heteroatoms. The molecule has 1 aromatic heterocycles. The zero-order valence-electron chi connectivity index (χ0n) is 8.77. The lowest BCUT2D eigenvalue weighted by molar-refractivity contribution is -0.137. The normalized spacial score (nSPS) is 10.1. The van der Waals surface area contributed by atoms with Gasteiger partial charge in [0.2, 0.25) is 0 Å². The van der Waals surface area contributed by atoms with E-state index < -0.39 is 11.9 Å². The summed E-state index contributed by atoms with van der Waals surface area (Å²) in [6, 6.07) is 0. The molecule has 0 unspecified atom stereocenters. The molecule has 0 bridgehead atoms. The van der Waals surface area contributed by atoms with Crippen LogP contribution in [0.5, 0.6) is 0 Å². The fourth-order valence-electron chi connectivity index (χ4n) is 1.25. The first-order chi connectivity index (χ1) is 6.93. The van der Waals surface area contributed by atoms with Crippen molar-refractivity contribution >= 4 is 11.9 Å². The highest BCUT2D eigenvalue weighted by molar-refractivity contribution is 5.97. The number of carboxylic acids is 1. The van der Waals surface area contributed by atoms with E-state index in [-0.39, 0.29) is 6.54 Å². The van der Waals surface area contributed by atoms with Gasteiger partial charge in [-0.25, -0.2) is 0 Å². The molecule has 0 aliphatic rings. The van der Waals surface area contributed by atoms with Crippen molar-refractivity contribution in [3.05, 3.63) is 17.0 Å². The highest BCUT2D eigenvalue weighted by Crippen LogP contribution is 2.14. The zero-order chi connectivity index (χ0) is 11.6. The summed E-state index contributed by atoms with van der Waals surface area (Å²) in [6.07, 6.45) is 0. The minimum atomic E-state index is -1.06. The first-order valence-electron chi connectivity index (χ1n) is 4.33. The van der Waals surface area contributed by atoms with E-state index in [0.717, 1.165) is 4.90 Å². The van der Waals surface area contributed by atoms with Crippen LogP contribution in [-0.4, -0.2) is 40.6 Å². The van der Waals surface area contributed by atoms with Crippen LogP contribution in [0.15, 0.2) is 4.52 Å². The predicted molar refractivity (Wildman–Crippen MR) is 50.6 cm³/mol. The quantitative estimate of drug-likeness (QED) is 0.786. The molecule has 6 nitrogen and oxygen atoms in total. The Labute approximate surface area is 86.5 Å². The van der Waals surface area contributed by atoms with Crippen molar-refractivity contribution in [1.82, 2.24) is 10.1 Å². The lowest BCUT2D eigenvalue weighted by atomic mass is 10.2. The maximum absolute atomic E-state index is 11.7. The van der Waals surface area contributed by atoms with E-state index in [1.54, 1.807) is 13.8 Å². The number of carbonyl (C=O) groups excluding carboxylic acids is 1. The van der Waals surface area contributed by atoms with E-state index in [0.29, 0.717) is 17.0 Å². The minimum Gasteiger partial charge on any atom is -0.480 e. The van der Waals surface area contributed by atoms with Crippen molar-refractivity contribution in [3.8, 4) is 0 Å². The smallest absolute Gasteiger partial charge is 0.323 e. The van der Waals surface area contributed by atoms with E-state index in [2.05, 4.69) is 5.16 Å². The first-order valence-corrected chi connectivity index (χ1v) is 4.33. The molecule has 82 valence electrons. The third kappa shape index (κ3) is 2.34. The lowest BCUT2D eigenvalue weighted by Gasteiger charge is -2.13. The summed E-state index contributed by atoms with van der Waals surface area (Å²) >= 11 is 0. The van der Waals surface area contributed by atoms with Crippen molar-refractivity contribution in [2.45, 2.75) is 13.8 Å². The molecule has 0 fully saturated rings. The molecule has 0 atom stereocenters. The van der Waals surface area contributed by atoms with Crippen molar-refractivity contribution in [2.75, 3.05) is 13.6 Å². The predicted octanol–water partition coefficient (Wildman–Crippen LogP) is 0.448. The van der Waals surface area contributed by atoms with E-state index in [9.17, 15) is 9.59 Å². The van der Waals surface area contributed by atoms with Crippen LogP contribution in [-0.2, 0) is 4.79 Å². The number of hydrogen-bond acceptors (Lipinski definition) is 4. The van der Waals surface area contributed by atoms with E-state index in [1.807, 2.05) is 0 Å². The molecule has 0 spiro atoms. The summed E-state index contributed by atoms with van der Waals surface area (Å²) in [4.78, 5) is 23.3. The average Bonchev–Trinajstić information content (AvgIpc) is 2.44. The van der Waals surface area contributed by atoms with Gasteiger partial charge in [0.1, 0.15) is 17.9 Å². The number of amides is 1. The van der Waals surface area contributed by atoms with Crippen LogP contribution in [0, 0.1) is 13.8 Å². The van der Waals surface area contributed by atoms with Crippen LogP contribution >= 0.6 is 0 Å². The number of likely N-dealkylation sites (N-methyl/N-ethyl adjacent to an activating group) is 1. The van der Waals surface area contributed by atoms with Gasteiger partial charge < -0.3 is 14.5 Å². The lowest BCUT2D eigenvalue weighted by Crippen LogP contribution is -2.32. The second-order valence-electron chi connectivity index (χ2n) is 3.25. The summed E-state index contributed by atoms with van der Waals surface area (Å²) < 4.78 is 4.83. The molecule has 1 aromatic rings. The van der Waals surface area contributed by atoms with Gasteiger partial charge in [0.15, 0.2) is 0 Å². The SMILES string of the molecule is Cc1noc(C)c1C(=O)N(C)CC(=O)O. The fourth-order valence-corrected chi connectivity index (χ4v) is 1.25. The van der Waals surface area contributed by atoms with E-state index >= 15 is 0 Å². The molecule has 0 radical (unpaired) electrons. The Morgan fingerprint density at radius 2 is 2.07 bits per heavy atom. The maximum atomic E-state index is 11.7. The topological polar surface area (TPSA) is 83.6 Å². The molecule has 15 heavy (non-hydrogen) atoms. The largest absolute Gasteiger partial charge is 0.480 e. The minimum absolute atomic E-state index is 0.332. The Kier molecular flexibility index (Phi) is 3.08. The number of nitrogens with zero attached hydrogens (tertiary/aromatic N) is 2. The number of carbonyl (C=O) groups is 2. The summed E-state index contributed by atoms with van der Waals surface area (Å²) in [7, 11) is 1.42. The monoisotopic (exact) mass is 212 g/mol. The molecule has 1 heterocycles. The van der Waals surface area contributed by atoms with Crippen LogP contribution < -0.4 is 0 Å². The highest BCUT2D eigenvalue weighted by Gasteiger charge is 2.21. The Bertz CT molecular complexity index is 377. The van der Waals surface area contributed by atoms with Gasteiger partial charge in [-0.3, -0.25) is 9.59 Å². The Morgan fingerprint density at radius 3 is 2.47 bits per heavy atom. The number of hydrogen-bond donors (Lipinski definition) is 1. The first kappa shape index (κ1) is 11.2. The van der Waals surface area contributed by atoms with Gasteiger partial charge in [0.25, 0.3) is 5.91 Å². The number of aromatic nitrogens is 1. The van der Waals surface area contributed by atoms with Gasteiger partial charge in [0, 0.05) is 7.05 Å². The molecule has 1 rings (SSSR count).